The van der Waals surface area contributed by atoms with Crippen LogP contribution >= 0.6 is 0 Å². The molecule has 1 aromatic heterocycles. The van der Waals surface area contributed by atoms with E-state index in [0.29, 0.717) is 5.84 Å². The zero-order chi connectivity index (χ0) is 33.5. The number of para-hydroxylation sites is 1. The number of rotatable bonds is 4. The second kappa shape index (κ2) is 10.9. The van der Waals surface area contributed by atoms with Crippen molar-refractivity contribution in [3.05, 3.63) is 180 Å². The summed E-state index contributed by atoms with van der Waals surface area (Å²) in [5, 5.41) is 10.8. The summed E-state index contributed by atoms with van der Waals surface area (Å²) in [6.45, 7) is 0. The fourth-order valence-corrected chi connectivity index (χ4v) is 8.27. The fraction of sp³-hybridized carbons (Fsp3) is 0.0213. The maximum Gasteiger partial charge on any atom is 0.159 e. The minimum Gasteiger partial charge on any atom is -0.456 e. The summed E-state index contributed by atoms with van der Waals surface area (Å²) < 4.78 is 6.63. The van der Waals surface area contributed by atoms with Crippen LogP contribution in [0.5, 0.6) is 0 Å². The van der Waals surface area contributed by atoms with E-state index in [1.807, 2.05) is 42.5 Å². The number of hydrogen-bond acceptors (Lipinski definition) is 4. The molecule has 238 valence electrons. The highest BCUT2D eigenvalue weighted by Crippen LogP contribution is 2.55. The number of nitrogens with one attached hydrogen (secondary N) is 1. The molecule has 8 aromatic carbocycles. The molecule has 4 nitrogen and oxygen atoms in total. The van der Waals surface area contributed by atoms with E-state index >= 15 is 0 Å². The number of amidine groups is 2. The Balaban J connectivity index is 1.18. The molecule has 0 radical (unpaired) electrons. The Hall–Kier alpha value is -6.78. The Labute approximate surface area is 294 Å². The molecule has 1 N–H and O–H groups in total. The predicted octanol–water partition coefficient (Wildman–Crippen LogP) is 11.7. The first-order chi connectivity index (χ1) is 25.3. The highest BCUT2D eigenvalue weighted by atomic mass is 16.3. The Bertz CT molecular complexity index is 2930. The molecule has 2 heterocycles. The quantitative estimate of drug-likeness (QED) is 0.206. The fourth-order valence-electron chi connectivity index (χ4n) is 8.27. The number of hydrogen-bond donors (Lipinski definition) is 1. The molecule has 0 spiro atoms. The third kappa shape index (κ3) is 4.20. The molecule has 0 saturated heterocycles. The van der Waals surface area contributed by atoms with Gasteiger partial charge in [-0.15, -0.1) is 0 Å². The van der Waals surface area contributed by atoms with Crippen LogP contribution in [0.2, 0.25) is 0 Å². The van der Waals surface area contributed by atoms with Gasteiger partial charge >= 0.3 is 0 Å². The standard InChI is InChI=1S/C47H29N3O/c1-3-13-29(14-4-1)45-48-46(30-15-5-2-6-16-30)50-47(49-45)35-26-25-34(31-19-7-8-20-32(31)35)44-42-37-23-12-18-28-17-11-22-33(41(28)37)38(42)27-40-43(44)36-21-9-10-24-39(36)51-40/h1-27,47H,(H,48,49,50). The Morgan fingerprint density at radius 2 is 1.16 bits per heavy atom. The summed E-state index contributed by atoms with van der Waals surface area (Å²) in [4.78, 5) is 10.3. The van der Waals surface area contributed by atoms with Crippen LogP contribution in [0.4, 0.5) is 0 Å². The van der Waals surface area contributed by atoms with Crippen LogP contribution in [-0.4, -0.2) is 11.7 Å². The molecule has 1 unspecified atom stereocenters. The van der Waals surface area contributed by atoms with Gasteiger partial charge in [0.25, 0.3) is 0 Å². The lowest BCUT2D eigenvalue weighted by atomic mass is 9.86. The van der Waals surface area contributed by atoms with E-state index in [1.165, 1.54) is 49.5 Å². The normalized spacial score (nSPS) is 14.9. The second-order valence-corrected chi connectivity index (χ2v) is 13.3. The lowest BCUT2D eigenvalue weighted by molar-refractivity contribution is 0.669. The molecule has 4 heteroatoms. The topological polar surface area (TPSA) is 49.9 Å². The van der Waals surface area contributed by atoms with Gasteiger partial charge in [-0.05, 0) is 61.5 Å². The lowest BCUT2D eigenvalue weighted by Crippen LogP contribution is -2.33. The Morgan fingerprint density at radius 1 is 0.471 bits per heavy atom. The Kier molecular flexibility index (Phi) is 5.98. The molecule has 1 aliphatic carbocycles. The number of furan rings is 1. The van der Waals surface area contributed by atoms with E-state index in [1.54, 1.807) is 0 Å². The van der Waals surface area contributed by atoms with Crippen molar-refractivity contribution in [1.29, 1.82) is 0 Å². The largest absolute Gasteiger partial charge is 0.456 e. The van der Waals surface area contributed by atoms with Gasteiger partial charge in [-0.25, -0.2) is 9.98 Å². The van der Waals surface area contributed by atoms with Gasteiger partial charge in [0, 0.05) is 33.0 Å². The summed E-state index contributed by atoms with van der Waals surface area (Å²) in [5.74, 6) is 1.52. The van der Waals surface area contributed by atoms with Crippen LogP contribution < -0.4 is 5.32 Å². The third-order valence-electron chi connectivity index (χ3n) is 10.5. The molecule has 11 rings (SSSR count). The summed E-state index contributed by atoms with van der Waals surface area (Å²) in [7, 11) is 0. The van der Waals surface area contributed by atoms with Gasteiger partial charge in [0.05, 0.1) is 0 Å². The van der Waals surface area contributed by atoms with Crippen LogP contribution in [0, 0.1) is 0 Å². The van der Waals surface area contributed by atoms with Crippen LogP contribution in [0.1, 0.15) is 22.9 Å². The summed E-state index contributed by atoms with van der Waals surface area (Å²) >= 11 is 0. The van der Waals surface area contributed by atoms with Crippen LogP contribution in [-0.2, 0) is 0 Å². The maximum atomic E-state index is 6.63. The summed E-state index contributed by atoms with van der Waals surface area (Å²) in [6, 6.07) is 57.8. The molecule has 9 aromatic rings. The maximum absolute atomic E-state index is 6.63. The van der Waals surface area contributed by atoms with Crippen molar-refractivity contribution < 1.29 is 4.42 Å². The van der Waals surface area contributed by atoms with Crippen LogP contribution in [0.3, 0.4) is 0 Å². The number of fused-ring (bicyclic) bond motifs is 7. The van der Waals surface area contributed by atoms with Gasteiger partial charge in [0.15, 0.2) is 5.84 Å². The van der Waals surface area contributed by atoms with Gasteiger partial charge in [-0.3, -0.25) is 0 Å². The zero-order valence-electron chi connectivity index (χ0n) is 27.5. The van der Waals surface area contributed by atoms with Crippen molar-refractivity contribution in [3.63, 3.8) is 0 Å². The van der Waals surface area contributed by atoms with Crippen LogP contribution in [0.15, 0.2) is 178 Å². The lowest BCUT2D eigenvalue weighted by Gasteiger charge is -2.25. The van der Waals surface area contributed by atoms with Gasteiger partial charge in [-0.2, -0.15) is 0 Å². The molecule has 1 aliphatic heterocycles. The average molecular weight is 652 g/mol. The van der Waals surface area contributed by atoms with Crippen molar-refractivity contribution in [2.75, 3.05) is 0 Å². The van der Waals surface area contributed by atoms with Crippen molar-refractivity contribution >= 4 is 55.2 Å². The molecular weight excluding hydrogens is 623 g/mol. The third-order valence-corrected chi connectivity index (χ3v) is 10.5. The van der Waals surface area contributed by atoms with E-state index in [2.05, 4.69) is 127 Å². The molecule has 0 fully saturated rings. The second-order valence-electron chi connectivity index (χ2n) is 13.3. The first kappa shape index (κ1) is 28.1. The van der Waals surface area contributed by atoms with Crippen molar-refractivity contribution in [2.45, 2.75) is 6.17 Å². The summed E-state index contributed by atoms with van der Waals surface area (Å²) in [6.07, 6.45) is -0.346. The zero-order valence-corrected chi connectivity index (χ0v) is 27.5. The minimum atomic E-state index is -0.346. The highest BCUT2D eigenvalue weighted by Gasteiger charge is 2.30. The number of nitrogens with zero attached hydrogens (tertiary/aromatic N) is 2. The minimum absolute atomic E-state index is 0.346. The predicted molar refractivity (Wildman–Crippen MR) is 210 cm³/mol. The highest BCUT2D eigenvalue weighted by molar-refractivity contribution is 6.27. The van der Waals surface area contributed by atoms with Crippen LogP contribution in [0.25, 0.3) is 76.9 Å². The van der Waals surface area contributed by atoms with Crippen molar-refractivity contribution in [2.24, 2.45) is 9.98 Å². The molecule has 2 aliphatic rings. The molecular formula is C47H29N3O. The summed E-state index contributed by atoms with van der Waals surface area (Å²) in [5.41, 5.74) is 12.3. The smallest absolute Gasteiger partial charge is 0.159 e. The molecule has 1 atom stereocenters. The van der Waals surface area contributed by atoms with E-state index in [-0.39, 0.29) is 6.17 Å². The first-order valence-electron chi connectivity index (χ1n) is 17.4. The SMILES string of the molecule is c1ccc(C2=NC(c3ccc(-c4c5c(cc6oc7ccccc7c46)-c4cccc6cccc-5c46)c4ccccc34)NC(c3ccccc3)=N2)cc1. The monoisotopic (exact) mass is 651 g/mol. The van der Waals surface area contributed by atoms with E-state index < -0.39 is 0 Å². The van der Waals surface area contributed by atoms with E-state index in [9.17, 15) is 0 Å². The molecule has 0 saturated carbocycles. The van der Waals surface area contributed by atoms with Gasteiger partial charge in [0.2, 0.25) is 0 Å². The number of aliphatic imine (C=N–C) groups is 2. The first-order valence-corrected chi connectivity index (χ1v) is 17.4. The molecule has 0 bridgehead atoms. The molecule has 0 amide bonds. The van der Waals surface area contributed by atoms with Gasteiger partial charge < -0.3 is 9.73 Å². The van der Waals surface area contributed by atoms with Crippen molar-refractivity contribution in [1.82, 2.24) is 5.32 Å². The van der Waals surface area contributed by atoms with Gasteiger partial charge in [-0.1, -0.05) is 152 Å². The Morgan fingerprint density at radius 3 is 1.96 bits per heavy atom. The van der Waals surface area contributed by atoms with E-state index in [4.69, 9.17) is 14.4 Å². The van der Waals surface area contributed by atoms with E-state index in [0.717, 1.165) is 49.9 Å². The van der Waals surface area contributed by atoms with Gasteiger partial charge in [0.1, 0.15) is 23.2 Å². The number of benzene rings is 8. The average Bonchev–Trinajstić information content (AvgIpc) is 3.74. The molecule has 51 heavy (non-hydrogen) atoms. The van der Waals surface area contributed by atoms with Crippen molar-refractivity contribution in [3.8, 4) is 33.4 Å².